The summed E-state index contributed by atoms with van der Waals surface area (Å²) in [6.45, 7) is 3.70. The zero-order valence-corrected chi connectivity index (χ0v) is 17.5. The molecule has 0 aliphatic heterocycles. The van der Waals surface area contributed by atoms with Crippen LogP contribution in [-0.2, 0) is 17.8 Å². The monoisotopic (exact) mass is 419 g/mol. The van der Waals surface area contributed by atoms with Crippen molar-refractivity contribution in [3.63, 3.8) is 0 Å². The summed E-state index contributed by atoms with van der Waals surface area (Å²) in [6, 6.07) is 18.4. The highest BCUT2D eigenvalue weighted by molar-refractivity contribution is 7.18. The number of nitrogens with one attached hydrogen (secondary N) is 1. The minimum absolute atomic E-state index is 0.0901. The first-order chi connectivity index (χ1) is 14.5. The fourth-order valence-corrected chi connectivity index (χ4v) is 4.11. The number of para-hydroxylation sites is 1. The van der Waals surface area contributed by atoms with Gasteiger partial charge in [0.15, 0.2) is 0 Å². The van der Waals surface area contributed by atoms with Gasteiger partial charge in [-0.3, -0.25) is 14.2 Å². The number of nitrogens with zero attached hydrogens (tertiary/aromatic N) is 2. The van der Waals surface area contributed by atoms with E-state index in [1.165, 1.54) is 15.9 Å². The van der Waals surface area contributed by atoms with Gasteiger partial charge in [-0.05, 0) is 55.8 Å². The molecule has 30 heavy (non-hydrogen) atoms. The molecule has 2 heterocycles. The van der Waals surface area contributed by atoms with Gasteiger partial charge in [0.25, 0.3) is 5.56 Å². The van der Waals surface area contributed by atoms with Crippen LogP contribution in [0.2, 0.25) is 0 Å². The second kappa shape index (κ2) is 8.51. The van der Waals surface area contributed by atoms with Crippen LogP contribution in [0, 0.1) is 6.92 Å². The topological polar surface area (TPSA) is 73.2 Å². The maximum atomic E-state index is 12.8. The zero-order valence-electron chi connectivity index (χ0n) is 16.7. The number of hydrogen-bond donors (Lipinski definition) is 1. The second-order valence-corrected chi connectivity index (χ2v) is 7.94. The van der Waals surface area contributed by atoms with E-state index >= 15 is 0 Å². The minimum Gasteiger partial charge on any atom is -0.457 e. The van der Waals surface area contributed by atoms with E-state index in [9.17, 15) is 9.59 Å². The molecule has 7 heteroatoms. The molecule has 0 unspecified atom stereocenters. The van der Waals surface area contributed by atoms with Gasteiger partial charge in [0.2, 0.25) is 5.91 Å². The molecule has 2 aromatic carbocycles. The maximum Gasteiger partial charge on any atom is 0.262 e. The van der Waals surface area contributed by atoms with E-state index in [0.717, 1.165) is 21.9 Å². The lowest BCUT2D eigenvalue weighted by atomic mass is 10.3. The van der Waals surface area contributed by atoms with Crippen LogP contribution in [0.3, 0.4) is 0 Å². The number of aryl methyl sites for hydroxylation is 2. The Balaban J connectivity index is 1.46. The standard InChI is InChI=1S/C23H21N3O3S/c1-3-19-13-20-22(30-19)24-15(2)26(23(20)28)14-21(27)25-16-9-11-18(12-10-16)29-17-7-5-4-6-8-17/h4-13H,3,14H2,1-2H3,(H,25,27). The highest BCUT2D eigenvalue weighted by atomic mass is 32.1. The number of carbonyl (C=O) groups is 1. The van der Waals surface area contributed by atoms with Crippen LogP contribution in [-0.4, -0.2) is 15.5 Å². The number of thiophene rings is 1. The van der Waals surface area contributed by atoms with Crippen molar-refractivity contribution in [2.45, 2.75) is 26.8 Å². The summed E-state index contributed by atoms with van der Waals surface area (Å²) in [6.07, 6.45) is 0.851. The molecule has 0 saturated carbocycles. The van der Waals surface area contributed by atoms with Crippen LogP contribution in [0.4, 0.5) is 5.69 Å². The highest BCUT2D eigenvalue weighted by Gasteiger charge is 2.14. The Morgan fingerprint density at radius 1 is 1.10 bits per heavy atom. The van der Waals surface area contributed by atoms with Crippen molar-refractivity contribution >= 4 is 33.1 Å². The predicted molar refractivity (Wildman–Crippen MR) is 120 cm³/mol. The smallest absolute Gasteiger partial charge is 0.262 e. The largest absolute Gasteiger partial charge is 0.457 e. The van der Waals surface area contributed by atoms with Crippen molar-refractivity contribution in [3.05, 3.63) is 81.7 Å². The minimum atomic E-state index is -0.288. The molecule has 0 fully saturated rings. The number of fused-ring (bicyclic) bond motifs is 1. The van der Waals surface area contributed by atoms with E-state index in [2.05, 4.69) is 10.3 Å². The first-order valence-electron chi connectivity index (χ1n) is 9.66. The summed E-state index contributed by atoms with van der Waals surface area (Å²) < 4.78 is 7.17. The molecule has 4 rings (SSSR count). The maximum absolute atomic E-state index is 12.8. The summed E-state index contributed by atoms with van der Waals surface area (Å²) in [5.41, 5.74) is 0.444. The third kappa shape index (κ3) is 4.26. The van der Waals surface area contributed by atoms with Crippen molar-refractivity contribution in [1.82, 2.24) is 9.55 Å². The van der Waals surface area contributed by atoms with E-state index in [4.69, 9.17) is 4.74 Å². The Bertz CT molecular complexity index is 1240. The lowest BCUT2D eigenvalue weighted by Gasteiger charge is -2.11. The quantitative estimate of drug-likeness (QED) is 0.489. The van der Waals surface area contributed by atoms with Crippen LogP contribution in [0.15, 0.2) is 65.5 Å². The van der Waals surface area contributed by atoms with Crippen molar-refractivity contribution in [1.29, 1.82) is 0 Å². The van der Waals surface area contributed by atoms with Crippen molar-refractivity contribution in [3.8, 4) is 11.5 Å². The Hall–Kier alpha value is -3.45. The molecule has 0 bridgehead atoms. The van der Waals surface area contributed by atoms with Crippen LogP contribution in [0.1, 0.15) is 17.6 Å². The predicted octanol–water partition coefficient (Wildman–Crippen LogP) is 4.76. The van der Waals surface area contributed by atoms with Gasteiger partial charge >= 0.3 is 0 Å². The summed E-state index contributed by atoms with van der Waals surface area (Å²) in [4.78, 5) is 31.7. The Morgan fingerprint density at radius 2 is 1.80 bits per heavy atom. The second-order valence-electron chi connectivity index (χ2n) is 6.82. The zero-order chi connectivity index (χ0) is 21.1. The summed E-state index contributed by atoms with van der Waals surface area (Å²) in [5, 5.41) is 3.39. The Kier molecular flexibility index (Phi) is 5.63. The Morgan fingerprint density at radius 3 is 2.50 bits per heavy atom. The third-order valence-corrected chi connectivity index (χ3v) is 5.83. The summed E-state index contributed by atoms with van der Waals surface area (Å²) >= 11 is 1.52. The first kappa shape index (κ1) is 19.8. The molecule has 6 nitrogen and oxygen atoms in total. The van der Waals surface area contributed by atoms with Crippen LogP contribution in [0.25, 0.3) is 10.2 Å². The molecular weight excluding hydrogens is 398 g/mol. The Labute approximate surface area is 177 Å². The average molecular weight is 420 g/mol. The third-order valence-electron chi connectivity index (χ3n) is 4.66. The molecule has 0 radical (unpaired) electrons. The molecule has 4 aromatic rings. The van der Waals surface area contributed by atoms with E-state index in [1.54, 1.807) is 31.2 Å². The number of benzene rings is 2. The van der Waals surface area contributed by atoms with Gasteiger partial charge in [0, 0.05) is 10.6 Å². The number of ether oxygens (including phenoxy) is 1. The molecular formula is C23H21N3O3S. The van der Waals surface area contributed by atoms with Crippen molar-refractivity contribution < 1.29 is 9.53 Å². The molecule has 0 aliphatic rings. The first-order valence-corrected chi connectivity index (χ1v) is 10.5. The van der Waals surface area contributed by atoms with Crippen LogP contribution >= 0.6 is 11.3 Å². The van der Waals surface area contributed by atoms with Crippen LogP contribution < -0.4 is 15.6 Å². The van der Waals surface area contributed by atoms with E-state index < -0.39 is 0 Å². The van der Waals surface area contributed by atoms with Crippen molar-refractivity contribution in [2.75, 3.05) is 5.32 Å². The molecule has 1 amide bonds. The molecule has 1 N–H and O–H groups in total. The van der Waals surface area contributed by atoms with E-state index in [1.807, 2.05) is 43.3 Å². The SMILES string of the molecule is CCc1cc2c(=O)n(CC(=O)Nc3ccc(Oc4ccccc4)cc3)c(C)nc2s1. The number of rotatable bonds is 6. The molecule has 2 aromatic heterocycles. The van der Waals surface area contributed by atoms with Gasteiger partial charge in [-0.2, -0.15) is 0 Å². The highest BCUT2D eigenvalue weighted by Crippen LogP contribution is 2.23. The lowest BCUT2D eigenvalue weighted by Crippen LogP contribution is -2.29. The molecule has 0 aliphatic carbocycles. The molecule has 0 atom stereocenters. The lowest BCUT2D eigenvalue weighted by molar-refractivity contribution is -0.116. The summed E-state index contributed by atoms with van der Waals surface area (Å²) in [7, 11) is 0. The number of amides is 1. The van der Waals surface area contributed by atoms with Crippen molar-refractivity contribution in [2.24, 2.45) is 0 Å². The fraction of sp³-hybridized carbons (Fsp3) is 0.174. The van der Waals surface area contributed by atoms with Gasteiger partial charge < -0.3 is 10.1 Å². The molecule has 152 valence electrons. The number of aromatic nitrogens is 2. The summed E-state index contributed by atoms with van der Waals surface area (Å²) in [5.74, 6) is 1.65. The molecule has 0 spiro atoms. The van der Waals surface area contributed by atoms with Gasteiger partial charge in [0.05, 0.1) is 5.39 Å². The molecule has 0 saturated heterocycles. The number of carbonyl (C=O) groups excluding carboxylic acids is 1. The number of hydrogen-bond acceptors (Lipinski definition) is 5. The fourth-order valence-electron chi connectivity index (χ4n) is 3.10. The van der Waals surface area contributed by atoms with E-state index in [0.29, 0.717) is 22.6 Å². The average Bonchev–Trinajstić information content (AvgIpc) is 3.16. The van der Waals surface area contributed by atoms with E-state index in [-0.39, 0.29) is 18.0 Å². The normalized spacial score (nSPS) is 10.9. The number of anilines is 1. The van der Waals surface area contributed by atoms with Crippen LogP contribution in [0.5, 0.6) is 11.5 Å². The van der Waals surface area contributed by atoms with Gasteiger partial charge in [-0.1, -0.05) is 25.1 Å². The van der Waals surface area contributed by atoms with Gasteiger partial charge in [-0.15, -0.1) is 11.3 Å². The van der Waals surface area contributed by atoms with Gasteiger partial charge in [0.1, 0.15) is 28.7 Å². The van der Waals surface area contributed by atoms with Gasteiger partial charge in [-0.25, -0.2) is 4.98 Å².